The molecule has 3 aromatic carbocycles. The summed E-state index contributed by atoms with van der Waals surface area (Å²) in [6.45, 7) is 0.592. The number of nitrogens with one attached hydrogen (secondary N) is 2. The normalized spacial score (nSPS) is 17.7. The Bertz CT molecular complexity index is 1190. The molecule has 4 rings (SSSR count). The SMILES string of the molecule is O=C(NC[C@@H]1CCC[C@H](NC(=O)c2cc(I)[c]c(-c3cccc(I)c3F)c2)C1)c1ccccc1. The van der Waals surface area contributed by atoms with Crippen LogP contribution < -0.4 is 10.6 Å². The summed E-state index contributed by atoms with van der Waals surface area (Å²) in [7, 11) is 0. The third-order valence-electron chi connectivity index (χ3n) is 6.05. The van der Waals surface area contributed by atoms with Crippen molar-refractivity contribution in [1.82, 2.24) is 10.6 Å². The van der Waals surface area contributed by atoms with E-state index in [1.165, 1.54) is 0 Å². The van der Waals surface area contributed by atoms with E-state index < -0.39 is 0 Å². The average Bonchev–Trinajstić information content (AvgIpc) is 2.84. The Kier molecular flexibility index (Phi) is 8.57. The predicted octanol–water partition coefficient (Wildman–Crippen LogP) is 6.22. The first kappa shape index (κ1) is 25.1. The van der Waals surface area contributed by atoms with Gasteiger partial charge in [0.25, 0.3) is 11.8 Å². The molecule has 1 saturated carbocycles. The topological polar surface area (TPSA) is 58.2 Å². The second-order valence-corrected chi connectivity index (χ2v) is 10.8. The molecule has 0 aromatic heterocycles. The summed E-state index contributed by atoms with van der Waals surface area (Å²) in [6, 6.07) is 21.1. The highest BCUT2D eigenvalue weighted by Gasteiger charge is 2.24. The molecule has 2 N–H and O–H groups in total. The van der Waals surface area contributed by atoms with Gasteiger partial charge < -0.3 is 10.6 Å². The second-order valence-electron chi connectivity index (χ2n) is 8.51. The van der Waals surface area contributed by atoms with Crippen LogP contribution in [0.5, 0.6) is 0 Å². The molecule has 3 aromatic rings. The molecule has 0 saturated heterocycles. The molecule has 1 fully saturated rings. The number of carbonyl (C=O) groups excluding carboxylic acids is 2. The minimum absolute atomic E-state index is 0.0413. The Morgan fingerprint density at radius 3 is 2.56 bits per heavy atom. The van der Waals surface area contributed by atoms with Crippen LogP contribution in [-0.2, 0) is 0 Å². The molecule has 1 radical (unpaired) electrons. The van der Waals surface area contributed by atoms with Gasteiger partial charge in [-0.1, -0.05) is 36.8 Å². The molecule has 34 heavy (non-hydrogen) atoms. The first-order valence-corrected chi connectivity index (χ1v) is 13.4. The van der Waals surface area contributed by atoms with E-state index in [0.29, 0.717) is 38.3 Å². The minimum Gasteiger partial charge on any atom is -0.352 e. The summed E-state index contributed by atoms with van der Waals surface area (Å²) < 4.78 is 15.9. The van der Waals surface area contributed by atoms with Gasteiger partial charge in [-0.25, -0.2) is 4.39 Å². The van der Waals surface area contributed by atoms with Crippen molar-refractivity contribution in [3.05, 3.63) is 90.8 Å². The molecular weight excluding hydrogens is 657 g/mol. The lowest BCUT2D eigenvalue weighted by atomic mass is 9.85. The van der Waals surface area contributed by atoms with Gasteiger partial charge in [-0.2, -0.15) is 0 Å². The third kappa shape index (κ3) is 6.35. The van der Waals surface area contributed by atoms with Crippen molar-refractivity contribution in [3.63, 3.8) is 0 Å². The zero-order valence-electron chi connectivity index (χ0n) is 18.4. The lowest BCUT2D eigenvalue weighted by Crippen LogP contribution is -2.41. The van der Waals surface area contributed by atoms with Crippen LogP contribution in [0.2, 0.25) is 0 Å². The van der Waals surface area contributed by atoms with E-state index in [4.69, 9.17) is 0 Å². The van der Waals surface area contributed by atoms with E-state index >= 15 is 0 Å². The van der Waals surface area contributed by atoms with Gasteiger partial charge in [-0.3, -0.25) is 9.59 Å². The van der Waals surface area contributed by atoms with Crippen molar-refractivity contribution in [2.75, 3.05) is 6.54 Å². The quantitative estimate of drug-likeness (QED) is 0.304. The van der Waals surface area contributed by atoms with Gasteiger partial charge in [0.2, 0.25) is 0 Å². The molecule has 4 nitrogen and oxygen atoms in total. The standard InChI is InChI=1S/C27H24FI2N2O2/c28-25-23(10-5-11-24(25)30)19-13-20(15-21(29)14-19)27(34)32-22-9-4-6-17(12-22)16-31-26(33)18-7-2-1-3-8-18/h1-3,5,7-8,10-11,13,15,17,22H,4,6,9,12,16H2,(H,31,33)(H,32,34)/t17-,22+/m1/s1. The van der Waals surface area contributed by atoms with Gasteiger partial charge in [-0.05, 0) is 106 Å². The van der Waals surface area contributed by atoms with Crippen LogP contribution in [0, 0.1) is 24.9 Å². The lowest BCUT2D eigenvalue weighted by molar-refractivity contribution is 0.0901. The fourth-order valence-electron chi connectivity index (χ4n) is 4.33. The molecule has 7 heteroatoms. The molecule has 2 atom stereocenters. The monoisotopic (exact) mass is 681 g/mol. The van der Waals surface area contributed by atoms with E-state index in [1.54, 1.807) is 42.5 Å². The lowest BCUT2D eigenvalue weighted by Gasteiger charge is -2.30. The maximum Gasteiger partial charge on any atom is 0.251 e. The summed E-state index contributed by atoms with van der Waals surface area (Å²) in [5, 5.41) is 6.18. The van der Waals surface area contributed by atoms with Crippen molar-refractivity contribution in [3.8, 4) is 11.1 Å². The van der Waals surface area contributed by atoms with Gasteiger partial charge in [0, 0.05) is 42.5 Å². The molecular formula is C27H24FI2N2O2. The largest absolute Gasteiger partial charge is 0.352 e. The number of carbonyl (C=O) groups is 2. The number of hydrogen-bond acceptors (Lipinski definition) is 2. The zero-order chi connectivity index (χ0) is 24.1. The Morgan fingerprint density at radius 1 is 0.971 bits per heavy atom. The Morgan fingerprint density at radius 2 is 1.76 bits per heavy atom. The van der Waals surface area contributed by atoms with Gasteiger partial charge in [0.1, 0.15) is 5.82 Å². The Labute approximate surface area is 226 Å². The molecule has 1 aliphatic carbocycles. The summed E-state index contributed by atoms with van der Waals surface area (Å²) in [4.78, 5) is 25.4. The highest BCUT2D eigenvalue weighted by atomic mass is 127. The van der Waals surface area contributed by atoms with Crippen molar-refractivity contribution >= 4 is 57.0 Å². The fraction of sp³-hybridized carbons (Fsp3) is 0.259. The number of hydrogen-bond donors (Lipinski definition) is 2. The smallest absolute Gasteiger partial charge is 0.251 e. The number of amides is 2. The molecule has 0 heterocycles. The van der Waals surface area contributed by atoms with Gasteiger partial charge >= 0.3 is 0 Å². The van der Waals surface area contributed by atoms with Gasteiger partial charge in [0.05, 0.1) is 0 Å². The van der Waals surface area contributed by atoms with E-state index in [2.05, 4.69) is 39.3 Å². The molecule has 0 aliphatic heterocycles. The summed E-state index contributed by atoms with van der Waals surface area (Å²) in [6.07, 6.45) is 3.74. The van der Waals surface area contributed by atoms with E-state index in [-0.39, 0.29) is 23.7 Å². The Balaban J connectivity index is 1.39. The zero-order valence-corrected chi connectivity index (χ0v) is 22.7. The Hall–Kier alpha value is -2.01. The molecule has 175 valence electrons. The molecule has 2 amide bonds. The van der Waals surface area contributed by atoms with Crippen LogP contribution in [-0.4, -0.2) is 24.4 Å². The van der Waals surface area contributed by atoms with Crippen LogP contribution in [0.1, 0.15) is 46.4 Å². The van der Waals surface area contributed by atoms with Crippen LogP contribution in [0.4, 0.5) is 4.39 Å². The van der Waals surface area contributed by atoms with Crippen LogP contribution in [0.3, 0.4) is 0 Å². The third-order valence-corrected chi connectivity index (χ3v) is 7.46. The first-order valence-electron chi connectivity index (χ1n) is 11.2. The second kappa shape index (κ2) is 11.6. The molecule has 0 spiro atoms. The summed E-state index contributed by atoms with van der Waals surface area (Å²) in [5.41, 5.74) is 2.15. The number of halogens is 3. The minimum atomic E-state index is -0.305. The number of rotatable bonds is 6. The van der Waals surface area contributed by atoms with Crippen molar-refractivity contribution < 1.29 is 14.0 Å². The van der Waals surface area contributed by atoms with E-state index in [1.807, 2.05) is 40.8 Å². The highest BCUT2D eigenvalue weighted by Crippen LogP contribution is 2.29. The van der Waals surface area contributed by atoms with Gasteiger partial charge in [-0.15, -0.1) is 0 Å². The maximum absolute atomic E-state index is 14.6. The van der Waals surface area contributed by atoms with Crippen LogP contribution in [0.15, 0.2) is 60.7 Å². The van der Waals surface area contributed by atoms with Crippen molar-refractivity contribution in [2.24, 2.45) is 5.92 Å². The summed E-state index contributed by atoms with van der Waals surface area (Å²) in [5.74, 6) is -0.234. The summed E-state index contributed by atoms with van der Waals surface area (Å²) >= 11 is 4.07. The van der Waals surface area contributed by atoms with Gasteiger partial charge in [0.15, 0.2) is 0 Å². The van der Waals surface area contributed by atoms with Crippen molar-refractivity contribution in [2.45, 2.75) is 31.7 Å². The van der Waals surface area contributed by atoms with E-state index in [9.17, 15) is 14.0 Å². The predicted molar refractivity (Wildman–Crippen MR) is 148 cm³/mol. The van der Waals surface area contributed by atoms with Crippen LogP contribution >= 0.6 is 45.2 Å². The average molecular weight is 681 g/mol. The van der Waals surface area contributed by atoms with Crippen molar-refractivity contribution in [1.29, 1.82) is 0 Å². The maximum atomic E-state index is 14.6. The number of benzene rings is 3. The highest BCUT2D eigenvalue weighted by molar-refractivity contribution is 14.1. The molecule has 0 bridgehead atoms. The molecule has 0 unspecified atom stereocenters. The first-order chi connectivity index (χ1) is 16.4. The van der Waals surface area contributed by atoms with E-state index in [0.717, 1.165) is 29.3 Å². The van der Waals surface area contributed by atoms with Crippen LogP contribution in [0.25, 0.3) is 11.1 Å². The molecule has 1 aliphatic rings. The fourth-order valence-corrected chi connectivity index (χ4v) is 5.45.